The molecule has 0 aromatic heterocycles. The molecule has 0 atom stereocenters. The molecule has 1 fully saturated rings. The van der Waals surface area contributed by atoms with Gasteiger partial charge in [-0.3, -0.25) is 19.0 Å². The van der Waals surface area contributed by atoms with E-state index in [-0.39, 0.29) is 17.9 Å². The highest BCUT2D eigenvalue weighted by Gasteiger charge is 2.36. The highest BCUT2D eigenvalue weighted by molar-refractivity contribution is 7.85. The summed E-state index contributed by atoms with van der Waals surface area (Å²) >= 11 is 0. The highest BCUT2D eigenvalue weighted by Crippen LogP contribution is 2.16. The molecular weight excluding hydrogens is 282 g/mol. The standard InChI is InChI=1S/C9H13NO8S/c1-9(2,5-19(14,15)16)17-8(13)18-10-6(11)3-4-7(10)12/h3-5H2,1-2H3,(H,14,15,16). The van der Waals surface area contributed by atoms with Gasteiger partial charge in [0.1, 0.15) is 11.4 Å². The minimum atomic E-state index is -4.36. The topological polar surface area (TPSA) is 127 Å². The van der Waals surface area contributed by atoms with Gasteiger partial charge in [-0.2, -0.15) is 8.42 Å². The van der Waals surface area contributed by atoms with Crippen molar-refractivity contribution in [3.05, 3.63) is 0 Å². The van der Waals surface area contributed by atoms with Crippen molar-refractivity contribution in [2.24, 2.45) is 0 Å². The first-order valence-electron chi connectivity index (χ1n) is 5.22. The van der Waals surface area contributed by atoms with E-state index in [2.05, 4.69) is 9.57 Å². The van der Waals surface area contributed by atoms with E-state index in [4.69, 9.17) is 4.55 Å². The van der Waals surface area contributed by atoms with Crippen LogP contribution in [0.1, 0.15) is 26.7 Å². The summed E-state index contributed by atoms with van der Waals surface area (Å²) in [6.45, 7) is 2.44. The van der Waals surface area contributed by atoms with Crippen molar-refractivity contribution < 1.29 is 36.9 Å². The quantitative estimate of drug-likeness (QED) is 0.431. The molecule has 1 N–H and O–H groups in total. The molecule has 0 saturated carbocycles. The van der Waals surface area contributed by atoms with Crippen LogP contribution < -0.4 is 0 Å². The molecule has 10 heteroatoms. The Hall–Kier alpha value is -1.68. The van der Waals surface area contributed by atoms with Gasteiger partial charge in [-0.05, 0) is 13.8 Å². The molecule has 2 amide bonds. The first kappa shape index (κ1) is 15.4. The summed E-state index contributed by atoms with van der Waals surface area (Å²) in [5, 5.41) is 0.270. The van der Waals surface area contributed by atoms with Gasteiger partial charge in [0.25, 0.3) is 21.9 Å². The van der Waals surface area contributed by atoms with Gasteiger partial charge in [-0.1, -0.05) is 5.06 Å². The Bertz CT molecular complexity index is 492. The lowest BCUT2D eigenvalue weighted by molar-refractivity contribution is -0.180. The molecule has 1 rings (SSSR count). The Morgan fingerprint density at radius 1 is 1.32 bits per heavy atom. The summed E-state index contributed by atoms with van der Waals surface area (Å²) < 4.78 is 34.6. The molecule has 0 spiro atoms. The molecule has 9 nitrogen and oxygen atoms in total. The van der Waals surface area contributed by atoms with Gasteiger partial charge in [-0.15, -0.1) is 0 Å². The number of carbonyl (C=O) groups is 3. The molecule has 108 valence electrons. The van der Waals surface area contributed by atoms with E-state index in [0.29, 0.717) is 0 Å². The number of hydroxylamine groups is 2. The normalized spacial score (nSPS) is 16.7. The number of imide groups is 1. The fourth-order valence-electron chi connectivity index (χ4n) is 1.45. The number of hydrogen-bond donors (Lipinski definition) is 1. The van der Waals surface area contributed by atoms with Crippen LogP contribution in [0.3, 0.4) is 0 Å². The number of rotatable bonds is 4. The Labute approximate surface area is 109 Å². The Kier molecular flexibility index (Phi) is 4.15. The van der Waals surface area contributed by atoms with Crippen LogP contribution >= 0.6 is 0 Å². The van der Waals surface area contributed by atoms with Gasteiger partial charge in [0.05, 0.1) is 0 Å². The number of hydrogen-bond acceptors (Lipinski definition) is 7. The molecule has 0 radical (unpaired) electrons. The lowest BCUT2D eigenvalue weighted by Crippen LogP contribution is -2.39. The zero-order valence-corrected chi connectivity index (χ0v) is 11.1. The third kappa shape index (κ3) is 4.83. The SMILES string of the molecule is CC(C)(CS(=O)(=O)O)OC(=O)ON1C(=O)CCC1=O. The van der Waals surface area contributed by atoms with E-state index < -0.39 is 39.4 Å². The molecule has 1 aliphatic heterocycles. The fraction of sp³-hybridized carbons (Fsp3) is 0.667. The molecular formula is C9H13NO8S. The molecule has 0 bridgehead atoms. The lowest BCUT2D eigenvalue weighted by atomic mass is 10.2. The zero-order valence-electron chi connectivity index (χ0n) is 10.3. The smallest absolute Gasteiger partial charge is 0.425 e. The summed E-state index contributed by atoms with van der Waals surface area (Å²) in [4.78, 5) is 38.0. The van der Waals surface area contributed by atoms with Gasteiger partial charge < -0.3 is 4.74 Å². The molecule has 1 saturated heterocycles. The van der Waals surface area contributed by atoms with Gasteiger partial charge in [0.2, 0.25) is 0 Å². The summed E-state index contributed by atoms with van der Waals surface area (Å²) in [5.41, 5.74) is -1.57. The Morgan fingerprint density at radius 2 is 1.79 bits per heavy atom. The van der Waals surface area contributed by atoms with Crippen LogP contribution in [0.2, 0.25) is 0 Å². The Morgan fingerprint density at radius 3 is 2.21 bits per heavy atom. The first-order valence-corrected chi connectivity index (χ1v) is 6.83. The van der Waals surface area contributed by atoms with Crippen molar-refractivity contribution >= 4 is 28.1 Å². The van der Waals surface area contributed by atoms with E-state index in [0.717, 1.165) is 0 Å². The van der Waals surface area contributed by atoms with Crippen LogP contribution in [0.25, 0.3) is 0 Å². The van der Waals surface area contributed by atoms with Crippen molar-refractivity contribution in [3.63, 3.8) is 0 Å². The number of ether oxygens (including phenoxy) is 1. The van der Waals surface area contributed by atoms with Gasteiger partial charge in [-0.25, -0.2) is 4.79 Å². The third-order valence-corrected chi connectivity index (χ3v) is 3.12. The lowest BCUT2D eigenvalue weighted by Gasteiger charge is -2.23. The van der Waals surface area contributed by atoms with Crippen LogP contribution in [-0.2, 0) is 29.3 Å². The average Bonchev–Trinajstić information content (AvgIpc) is 2.44. The molecule has 0 aromatic rings. The van der Waals surface area contributed by atoms with E-state index in [1.54, 1.807) is 0 Å². The maximum absolute atomic E-state index is 11.3. The van der Waals surface area contributed by atoms with Crippen LogP contribution in [0.4, 0.5) is 4.79 Å². The van der Waals surface area contributed by atoms with Crippen molar-refractivity contribution in [2.45, 2.75) is 32.3 Å². The number of nitrogens with zero attached hydrogens (tertiary/aromatic N) is 1. The van der Waals surface area contributed by atoms with E-state index in [1.807, 2.05) is 0 Å². The van der Waals surface area contributed by atoms with Crippen molar-refractivity contribution in [1.82, 2.24) is 5.06 Å². The summed E-state index contributed by atoms with van der Waals surface area (Å²) in [6, 6.07) is 0. The largest absolute Gasteiger partial charge is 0.534 e. The van der Waals surface area contributed by atoms with Crippen molar-refractivity contribution in [3.8, 4) is 0 Å². The molecule has 0 aromatic carbocycles. The second kappa shape index (κ2) is 5.13. The molecule has 0 aliphatic carbocycles. The molecule has 0 unspecified atom stereocenters. The van der Waals surface area contributed by atoms with Gasteiger partial charge >= 0.3 is 6.16 Å². The average molecular weight is 295 g/mol. The first-order chi connectivity index (χ1) is 8.50. The minimum Gasteiger partial charge on any atom is -0.425 e. The summed E-state index contributed by atoms with van der Waals surface area (Å²) in [6.07, 6.45) is -1.54. The second-order valence-electron chi connectivity index (χ2n) is 4.51. The van der Waals surface area contributed by atoms with E-state index in [1.165, 1.54) is 13.8 Å². The predicted octanol–water partition coefficient (Wildman–Crippen LogP) is -0.130. The van der Waals surface area contributed by atoms with Crippen LogP contribution in [0.15, 0.2) is 0 Å². The predicted molar refractivity (Wildman–Crippen MR) is 59.1 cm³/mol. The zero-order chi connectivity index (χ0) is 14.8. The fourth-order valence-corrected chi connectivity index (χ4v) is 2.38. The molecule has 1 heterocycles. The van der Waals surface area contributed by atoms with Crippen molar-refractivity contribution in [1.29, 1.82) is 0 Å². The summed E-state index contributed by atoms with van der Waals surface area (Å²) in [5.74, 6) is -2.22. The summed E-state index contributed by atoms with van der Waals surface area (Å²) in [7, 11) is -4.36. The number of amides is 2. The van der Waals surface area contributed by atoms with E-state index in [9.17, 15) is 22.8 Å². The monoisotopic (exact) mass is 295 g/mol. The number of carbonyl (C=O) groups excluding carboxylic acids is 3. The maximum Gasteiger partial charge on any atom is 0.534 e. The van der Waals surface area contributed by atoms with Crippen LogP contribution in [-0.4, -0.2) is 47.4 Å². The maximum atomic E-state index is 11.3. The Balaban J connectivity index is 2.60. The van der Waals surface area contributed by atoms with E-state index >= 15 is 0 Å². The van der Waals surface area contributed by atoms with Gasteiger partial charge in [0, 0.05) is 12.8 Å². The molecule has 19 heavy (non-hydrogen) atoms. The minimum absolute atomic E-state index is 0.0689. The van der Waals surface area contributed by atoms with Gasteiger partial charge in [0.15, 0.2) is 0 Å². The highest BCUT2D eigenvalue weighted by atomic mass is 32.2. The van der Waals surface area contributed by atoms with Crippen LogP contribution in [0, 0.1) is 0 Å². The molecule has 1 aliphatic rings. The second-order valence-corrected chi connectivity index (χ2v) is 5.96. The van der Waals surface area contributed by atoms with Crippen molar-refractivity contribution in [2.75, 3.05) is 5.75 Å². The third-order valence-electron chi connectivity index (χ3n) is 2.06. The van der Waals surface area contributed by atoms with Crippen LogP contribution in [0.5, 0.6) is 0 Å².